The maximum Gasteiger partial charge on any atom is 0.295 e. The van der Waals surface area contributed by atoms with E-state index in [1.54, 1.807) is 31.3 Å². The summed E-state index contributed by atoms with van der Waals surface area (Å²) in [6.07, 6.45) is 1.69. The van der Waals surface area contributed by atoms with Crippen molar-refractivity contribution in [2.45, 2.75) is 25.8 Å². The van der Waals surface area contributed by atoms with Crippen molar-refractivity contribution in [2.75, 3.05) is 20.8 Å². The van der Waals surface area contributed by atoms with Crippen LogP contribution in [0.4, 0.5) is 0 Å². The van der Waals surface area contributed by atoms with Crippen molar-refractivity contribution in [3.63, 3.8) is 0 Å². The maximum atomic E-state index is 12.8. The van der Waals surface area contributed by atoms with Gasteiger partial charge in [-0.15, -0.1) is 0 Å². The number of rotatable bonds is 5. The smallest absolute Gasteiger partial charge is 0.295 e. The van der Waals surface area contributed by atoms with Crippen LogP contribution in [-0.4, -0.2) is 37.4 Å². The van der Waals surface area contributed by atoms with E-state index in [0.29, 0.717) is 23.6 Å². The highest BCUT2D eigenvalue weighted by atomic mass is 16.5. The number of likely N-dealkylation sites (tertiary alicyclic amines) is 1. The summed E-state index contributed by atoms with van der Waals surface area (Å²) in [5.41, 5.74) is 2.43. The number of nitrogens with zero attached hydrogens (tertiary/aromatic N) is 1. The summed E-state index contributed by atoms with van der Waals surface area (Å²) >= 11 is 0. The van der Waals surface area contributed by atoms with Gasteiger partial charge < -0.3 is 14.4 Å². The van der Waals surface area contributed by atoms with Crippen LogP contribution in [0.25, 0.3) is 0 Å². The lowest BCUT2D eigenvalue weighted by atomic mass is 10.0. The number of ether oxygens (including phenoxy) is 2. The SMILES string of the molecule is COc1ccc(C2CCCN2C(=O)C(=O)c2ccc(C)cc2)cc1OC. The molecule has 5 heteroatoms. The lowest BCUT2D eigenvalue weighted by Gasteiger charge is -2.25. The van der Waals surface area contributed by atoms with Gasteiger partial charge in [-0.3, -0.25) is 9.59 Å². The standard InChI is InChI=1S/C21H23NO4/c1-14-6-8-15(9-7-14)20(23)21(24)22-12-4-5-17(22)16-10-11-18(25-2)19(13-16)26-3/h6-11,13,17H,4-5,12H2,1-3H3. The molecule has 1 saturated heterocycles. The average Bonchev–Trinajstić information content (AvgIpc) is 3.16. The van der Waals surface area contributed by atoms with Crippen molar-refractivity contribution in [1.82, 2.24) is 4.90 Å². The number of carbonyl (C=O) groups is 2. The Morgan fingerprint density at radius 3 is 2.35 bits per heavy atom. The highest BCUT2D eigenvalue weighted by Gasteiger charge is 2.34. The van der Waals surface area contributed by atoms with Crippen molar-refractivity contribution in [2.24, 2.45) is 0 Å². The molecule has 1 fully saturated rings. The Bertz CT molecular complexity index is 813. The summed E-state index contributed by atoms with van der Waals surface area (Å²) in [5.74, 6) is 0.348. The molecule has 1 unspecified atom stereocenters. The molecule has 1 amide bonds. The maximum absolute atomic E-state index is 12.8. The number of amides is 1. The molecule has 0 aliphatic carbocycles. The van der Waals surface area contributed by atoms with Crippen LogP contribution < -0.4 is 9.47 Å². The highest BCUT2D eigenvalue weighted by Crippen LogP contribution is 2.37. The van der Waals surface area contributed by atoms with E-state index in [4.69, 9.17) is 9.47 Å². The van der Waals surface area contributed by atoms with Gasteiger partial charge >= 0.3 is 0 Å². The van der Waals surface area contributed by atoms with Crippen molar-refractivity contribution < 1.29 is 19.1 Å². The van der Waals surface area contributed by atoms with Crippen molar-refractivity contribution in [1.29, 1.82) is 0 Å². The third kappa shape index (κ3) is 3.43. The molecular formula is C21H23NO4. The quantitative estimate of drug-likeness (QED) is 0.609. The van der Waals surface area contributed by atoms with E-state index in [9.17, 15) is 9.59 Å². The Balaban J connectivity index is 1.84. The fourth-order valence-electron chi connectivity index (χ4n) is 3.38. The number of ketones is 1. The minimum absolute atomic E-state index is 0.128. The van der Waals surface area contributed by atoms with Crippen LogP contribution >= 0.6 is 0 Å². The van der Waals surface area contributed by atoms with E-state index < -0.39 is 11.7 Å². The molecule has 2 aromatic rings. The predicted octanol–water partition coefficient (Wildman–Crippen LogP) is 3.56. The molecule has 3 rings (SSSR count). The van der Waals surface area contributed by atoms with Crippen LogP contribution in [0.3, 0.4) is 0 Å². The molecule has 136 valence electrons. The van der Waals surface area contributed by atoms with Gasteiger partial charge in [0.05, 0.1) is 20.3 Å². The molecule has 2 aromatic carbocycles. The third-order valence-electron chi connectivity index (χ3n) is 4.81. The van der Waals surface area contributed by atoms with Crippen LogP contribution in [0.1, 0.15) is 40.4 Å². The van der Waals surface area contributed by atoms with Crippen LogP contribution in [0.2, 0.25) is 0 Å². The predicted molar refractivity (Wildman–Crippen MR) is 98.7 cm³/mol. The van der Waals surface area contributed by atoms with Gasteiger partial charge in [-0.1, -0.05) is 35.9 Å². The van der Waals surface area contributed by atoms with E-state index in [2.05, 4.69) is 0 Å². The van der Waals surface area contributed by atoms with Gasteiger partial charge in [0.2, 0.25) is 5.78 Å². The summed E-state index contributed by atoms with van der Waals surface area (Å²) in [7, 11) is 3.17. The summed E-state index contributed by atoms with van der Waals surface area (Å²) < 4.78 is 10.6. The number of carbonyl (C=O) groups excluding carboxylic acids is 2. The fraction of sp³-hybridized carbons (Fsp3) is 0.333. The van der Waals surface area contributed by atoms with E-state index in [1.807, 2.05) is 37.3 Å². The molecule has 0 spiro atoms. The Hall–Kier alpha value is -2.82. The molecule has 0 bridgehead atoms. The second kappa shape index (κ2) is 7.60. The Kier molecular flexibility index (Phi) is 5.26. The Morgan fingerprint density at radius 1 is 1.00 bits per heavy atom. The number of benzene rings is 2. The first-order chi connectivity index (χ1) is 12.5. The van der Waals surface area contributed by atoms with Gasteiger partial charge in [0.15, 0.2) is 11.5 Å². The van der Waals surface area contributed by atoms with Crippen LogP contribution in [0.5, 0.6) is 11.5 Å². The van der Waals surface area contributed by atoms with Crippen molar-refractivity contribution in [3.8, 4) is 11.5 Å². The third-order valence-corrected chi connectivity index (χ3v) is 4.81. The summed E-state index contributed by atoms with van der Waals surface area (Å²) in [6.45, 7) is 2.53. The van der Waals surface area contributed by atoms with Crippen LogP contribution in [0, 0.1) is 6.92 Å². The molecule has 0 N–H and O–H groups in total. The van der Waals surface area contributed by atoms with Gasteiger partial charge in [-0.05, 0) is 37.5 Å². The van der Waals surface area contributed by atoms with Gasteiger partial charge in [0.25, 0.3) is 5.91 Å². The zero-order valence-corrected chi connectivity index (χ0v) is 15.3. The zero-order chi connectivity index (χ0) is 18.7. The normalized spacial score (nSPS) is 16.4. The molecule has 26 heavy (non-hydrogen) atoms. The van der Waals surface area contributed by atoms with E-state index >= 15 is 0 Å². The first kappa shape index (κ1) is 18.0. The van der Waals surface area contributed by atoms with Gasteiger partial charge in [0.1, 0.15) is 0 Å². The second-order valence-electron chi connectivity index (χ2n) is 6.47. The number of hydrogen-bond donors (Lipinski definition) is 0. The van der Waals surface area contributed by atoms with Crippen molar-refractivity contribution in [3.05, 3.63) is 59.2 Å². The second-order valence-corrected chi connectivity index (χ2v) is 6.47. The molecule has 1 atom stereocenters. The minimum atomic E-state index is -0.461. The number of hydrogen-bond acceptors (Lipinski definition) is 4. The molecule has 1 aliphatic heterocycles. The first-order valence-corrected chi connectivity index (χ1v) is 8.69. The van der Waals surface area contributed by atoms with E-state index in [0.717, 1.165) is 24.0 Å². The van der Waals surface area contributed by atoms with Crippen molar-refractivity contribution >= 4 is 11.7 Å². The number of aryl methyl sites for hydroxylation is 1. The minimum Gasteiger partial charge on any atom is -0.493 e. The summed E-state index contributed by atoms with van der Waals surface area (Å²) in [4.78, 5) is 27.1. The summed E-state index contributed by atoms with van der Waals surface area (Å²) in [5, 5.41) is 0. The average molecular weight is 353 g/mol. The molecule has 1 aliphatic rings. The largest absolute Gasteiger partial charge is 0.493 e. The molecule has 0 aromatic heterocycles. The highest BCUT2D eigenvalue weighted by molar-refractivity contribution is 6.42. The number of Topliss-reactive ketones (excluding diaryl/α,β-unsaturated/α-hetero) is 1. The Labute approximate surface area is 153 Å². The molecule has 0 saturated carbocycles. The molecule has 1 heterocycles. The zero-order valence-electron chi connectivity index (χ0n) is 15.3. The lowest BCUT2D eigenvalue weighted by molar-refractivity contribution is -0.127. The van der Waals surface area contributed by atoms with Crippen LogP contribution in [-0.2, 0) is 4.79 Å². The topological polar surface area (TPSA) is 55.8 Å². The van der Waals surface area contributed by atoms with E-state index in [-0.39, 0.29) is 6.04 Å². The van der Waals surface area contributed by atoms with Crippen LogP contribution in [0.15, 0.2) is 42.5 Å². The summed E-state index contributed by atoms with van der Waals surface area (Å²) in [6, 6.07) is 12.6. The molecule has 0 radical (unpaired) electrons. The van der Waals surface area contributed by atoms with Gasteiger partial charge in [-0.2, -0.15) is 0 Å². The van der Waals surface area contributed by atoms with E-state index in [1.165, 1.54) is 0 Å². The fourth-order valence-corrected chi connectivity index (χ4v) is 3.38. The molecule has 5 nitrogen and oxygen atoms in total. The Morgan fingerprint density at radius 2 is 1.69 bits per heavy atom. The van der Waals surface area contributed by atoms with Gasteiger partial charge in [-0.25, -0.2) is 0 Å². The van der Waals surface area contributed by atoms with Gasteiger partial charge in [0, 0.05) is 12.1 Å². The lowest BCUT2D eigenvalue weighted by Crippen LogP contribution is -2.36. The first-order valence-electron chi connectivity index (χ1n) is 8.69. The number of methoxy groups -OCH3 is 2. The molecular weight excluding hydrogens is 330 g/mol. The monoisotopic (exact) mass is 353 g/mol.